The fraction of sp³-hybridized carbons (Fsp3) is 0.412. The highest BCUT2D eigenvalue weighted by Crippen LogP contribution is 2.47. The minimum absolute atomic E-state index is 0.0255. The molecule has 0 saturated heterocycles. The van der Waals surface area contributed by atoms with Crippen molar-refractivity contribution >= 4 is 17.5 Å². The molecule has 1 aliphatic carbocycles. The molecule has 1 heterocycles. The second-order valence-corrected chi connectivity index (χ2v) is 6.12. The molecule has 0 amide bonds. The highest BCUT2D eigenvalue weighted by molar-refractivity contribution is 6.03. The standard InChI is InChI=1S/C17H18O7/c1-8(18)23-14-6-11-10-4-9(22-3)5-12(19)15(10)16(21)24-17(11,2)7-13(14)20/h4-6,13-14,19-20H,7H2,1-3H3/t13-,14-,17-/m1/s1. The number of hydrogen-bond donors (Lipinski definition) is 2. The van der Waals surface area contributed by atoms with Crippen LogP contribution in [0.4, 0.5) is 0 Å². The number of aromatic hydroxyl groups is 1. The first-order valence-electron chi connectivity index (χ1n) is 7.47. The van der Waals surface area contributed by atoms with Gasteiger partial charge < -0.3 is 24.4 Å². The number of phenolic OH excluding ortho intramolecular Hbond substituents is 1. The number of ether oxygens (including phenoxy) is 3. The average Bonchev–Trinajstić information content (AvgIpc) is 2.47. The summed E-state index contributed by atoms with van der Waals surface area (Å²) in [6, 6.07) is 2.94. The Bertz CT molecular complexity index is 752. The Balaban J connectivity index is 2.20. The van der Waals surface area contributed by atoms with Gasteiger partial charge in [0.25, 0.3) is 0 Å². The number of methoxy groups -OCH3 is 1. The number of aliphatic hydroxyl groups excluding tert-OH is 1. The van der Waals surface area contributed by atoms with Gasteiger partial charge in [0.1, 0.15) is 28.8 Å². The Labute approximate surface area is 138 Å². The Morgan fingerprint density at radius 3 is 2.75 bits per heavy atom. The van der Waals surface area contributed by atoms with Crippen LogP contribution in [0, 0.1) is 0 Å². The summed E-state index contributed by atoms with van der Waals surface area (Å²) in [5, 5.41) is 20.4. The molecule has 0 radical (unpaired) electrons. The van der Waals surface area contributed by atoms with Crippen molar-refractivity contribution in [1.29, 1.82) is 0 Å². The molecule has 7 heteroatoms. The number of carbonyl (C=O) groups excluding carboxylic acids is 2. The van der Waals surface area contributed by atoms with Crippen LogP contribution < -0.4 is 4.74 Å². The quantitative estimate of drug-likeness (QED) is 0.788. The first-order chi connectivity index (χ1) is 11.2. The zero-order valence-corrected chi connectivity index (χ0v) is 13.5. The van der Waals surface area contributed by atoms with Crippen LogP contribution in [0.5, 0.6) is 11.5 Å². The van der Waals surface area contributed by atoms with Gasteiger partial charge in [0.2, 0.25) is 0 Å². The smallest absolute Gasteiger partial charge is 0.343 e. The third-order valence-electron chi connectivity index (χ3n) is 4.32. The molecule has 2 aliphatic rings. The third kappa shape index (κ3) is 2.50. The summed E-state index contributed by atoms with van der Waals surface area (Å²) in [6.07, 6.45) is -0.237. The van der Waals surface area contributed by atoms with Crippen LogP contribution in [0.2, 0.25) is 0 Å². The van der Waals surface area contributed by atoms with Gasteiger partial charge in [-0.05, 0) is 19.1 Å². The summed E-state index contributed by atoms with van der Waals surface area (Å²) in [7, 11) is 1.45. The van der Waals surface area contributed by atoms with Crippen LogP contribution in [0.15, 0.2) is 18.2 Å². The average molecular weight is 334 g/mol. The molecule has 0 unspecified atom stereocenters. The fourth-order valence-electron chi connectivity index (χ4n) is 3.25. The highest BCUT2D eigenvalue weighted by Gasteiger charge is 2.48. The second-order valence-electron chi connectivity index (χ2n) is 6.12. The summed E-state index contributed by atoms with van der Waals surface area (Å²) in [5.74, 6) is -1.09. The molecule has 128 valence electrons. The number of aliphatic hydroxyl groups is 1. The SMILES string of the molecule is COc1cc(O)c2c(c1)C1=C[C@@H](OC(C)=O)[C@H](O)C[C@@]1(C)OC2=O. The van der Waals surface area contributed by atoms with E-state index in [-0.39, 0.29) is 17.7 Å². The van der Waals surface area contributed by atoms with E-state index in [1.165, 1.54) is 20.1 Å². The number of carbonyl (C=O) groups is 2. The zero-order valence-electron chi connectivity index (χ0n) is 13.5. The van der Waals surface area contributed by atoms with Crippen molar-refractivity contribution in [2.24, 2.45) is 0 Å². The fourth-order valence-corrected chi connectivity index (χ4v) is 3.25. The van der Waals surface area contributed by atoms with Crippen molar-refractivity contribution in [3.05, 3.63) is 29.3 Å². The summed E-state index contributed by atoms with van der Waals surface area (Å²) in [4.78, 5) is 23.6. The maximum Gasteiger partial charge on any atom is 0.343 e. The van der Waals surface area contributed by atoms with Crippen molar-refractivity contribution < 1.29 is 34.0 Å². The minimum Gasteiger partial charge on any atom is -0.507 e. The van der Waals surface area contributed by atoms with Gasteiger partial charge in [-0.15, -0.1) is 0 Å². The number of esters is 2. The third-order valence-corrected chi connectivity index (χ3v) is 4.32. The molecule has 7 nitrogen and oxygen atoms in total. The van der Waals surface area contributed by atoms with Gasteiger partial charge in [-0.3, -0.25) is 4.79 Å². The van der Waals surface area contributed by atoms with Crippen LogP contribution in [0.25, 0.3) is 5.57 Å². The molecule has 1 aromatic rings. The maximum atomic E-state index is 12.3. The van der Waals surface area contributed by atoms with Gasteiger partial charge in [-0.2, -0.15) is 0 Å². The molecule has 0 aromatic heterocycles. The lowest BCUT2D eigenvalue weighted by Crippen LogP contribution is -2.48. The van der Waals surface area contributed by atoms with Crippen LogP contribution >= 0.6 is 0 Å². The van der Waals surface area contributed by atoms with Gasteiger partial charge in [-0.1, -0.05) is 0 Å². The molecule has 3 rings (SSSR count). The van der Waals surface area contributed by atoms with E-state index in [1.54, 1.807) is 19.1 Å². The molecular weight excluding hydrogens is 316 g/mol. The number of fused-ring (bicyclic) bond motifs is 3. The number of phenols is 1. The highest BCUT2D eigenvalue weighted by atomic mass is 16.6. The Hall–Kier alpha value is -2.54. The lowest BCUT2D eigenvalue weighted by atomic mass is 9.75. The van der Waals surface area contributed by atoms with E-state index in [4.69, 9.17) is 14.2 Å². The molecule has 1 aromatic carbocycles. The Kier molecular flexibility index (Phi) is 3.76. The van der Waals surface area contributed by atoms with Gasteiger partial charge in [0.15, 0.2) is 0 Å². The predicted molar refractivity (Wildman–Crippen MR) is 82.6 cm³/mol. The number of rotatable bonds is 2. The first kappa shape index (κ1) is 16.3. The molecule has 3 atom stereocenters. The molecule has 2 N–H and O–H groups in total. The van der Waals surface area contributed by atoms with Gasteiger partial charge >= 0.3 is 11.9 Å². The summed E-state index contributed by atoms with van der Waals surface area (Å²) < 4.78 is 15.7. The summed E-state index contributed by atoms with van der Waals surface area (Å²) >= 11 is 0. The molecule has 1 aliphatic heterocycles. The minimum atomic E-state index is -1.08. The first-order valence-corrected chi connectivity index (χ1v) is 7.47. The molecule has 24 heavy (non-hydrogen) atoms. The normalized spacial score (nSPS) is 28.2. The molecular formula is C17H18O7. The number of hydrogen-bond acceptors (Lipinski definition) is 7. The van der Waals surface area contributed by atoms with E-state index >= 15 is 0 Å². The van der Waals surface area contributed by atoms with Crippen LogP contribution in [-0.4, -0.2) is 47.1 Å². The summed E-state index contributed by atoms with van der Waals surface area (Å²) in [6.45, 7) is 2.92. The van der Waals surface area contributed by atoms with Crippen LogP contribution in [-0.2, 0) is 14.3 Å². The van der Waals surface area contributed by atoms with Crippen molar-refractivity contribution in [2.75, 3.05) is 7.11 Å². The van der Waals surface area contributed by atoms with E-state index in [9.17, 15) is 19.8 Å². The Morgan fingerprint density at radius 1 is 1.42 bits per heavy atom. The largest absolute Gasteiger partial charge is 0.507 e. The molecule has 0 bridgehead atoms. The van der Waals surface area contributed by atoms with Crippen molar-refractivity contribution in [3.8, 4) is 11.5 Å². The molecule has 0 spiro atoms. The van der Waals surface area contributed by atoms with E-state index in [2.05, 4.69) is 0 Å². The topological polar surface area (TPSA) is 102 Å². The van der Waals surface area contributed by atoms with Crippen LogP contribution in [0.3, 0.4) is 0 Å². The van der Waals surface area contributed by atoms with Crippen LogP contribution in [0.1, 0.15) is 36.2 Å². The monoisotopic (exact) mass is 334 g/mol. The molecule has 0 fully saturated rings. The lowest BCUT2D eigenvalue weighted by molar-refractivity contribution is -0.151. The van der Waals surface area contributed by atoms with Gasteiger partial charge in [-0.25, -0.2) is 4.79 Å². The van der Waals surface area contributed by atoms with Crippen molar-refractivity contribution in [1.82, 2.24) is 0 Å². The van der Waals surface area contributed by atoms with E-state index in [1.807, 2.05) is 0 Å². The van der Waals surface area contributed by atoms with Crippen molar-refractivity contribution in [2.45, 2.75) is 38.1 Å². The Morgan fingerprint density at radius 2 is 2.12 bits per heavy atom. The van der Waals surface area contributed by atoms with E-state index in [0.29, 0.717) is 16.9 Å². The molecule has 0 saturated carbocycles. The van der Waals surface area contributed by atoms with Gasteiger partial charge in [0.05, 0.1) is 13.2 Å². The maximum absolute atomic E-state index is 12.3. The van der Waals surface area contributed by atoms with Gasteiger partial charge in [0, 0.05) is 30.5 Å². The zero-order chi connectivity index (χ0) is 17.6. The second kappa shape index (κ2) is 5.52. The van der Waals surface area contributed by atoms with Crippen molar-refractivity contribution in [3.63, 3.8) is 0 Å². The summed E-state index contributed by atoms with van der Waals surface area (Å²) in [5.41, 5.74) is -0.0612. The lowest BCUT2D eigenvalue weighted by Gasteiger charge is -2.43. The van der Waals surface area contributed by atoms with E-state index in [0.717, 1.165) is 0 Å². The predicted octanol–water partition coefficient (Wildman–Crippen LogP) is 1.41. The number of benzene rings is 1. The van der Waals surface area contributed by atoms with E-state index < -0.39 is 29.7 Å².